The summed E-state index contributed by atoms with van der Waals surface area (Å²) in [4.78, 5) is 40.6. The fraction of sp³-hybridized carbons (Fsp3) is 0.200. The number of aromatic nitrogens is 4. The van der Waals surface area contributed by atoms with Crippen molar-refractivity contribution in [3.63, 3.8) is 0 Å². The number of carbonyl (C=O) groups excluding carboxylic acids is 1. The summed E-state index contributed by atoms with van der Waals surface area (Å²) in [5, 5.41) is 3.07. The normalized spacial score (nSPS) is 11.0. The van der Waals surface area contributed by atoms with Crippen LogP contribution < -0.4 is 16.6 Å². The zero-order valence-corrected chi connectivity index (χ0v) is 15.6. The number of nitrogens with zero attached hydrogens (tertiary/aromatic N) is 4. The molecule has 3 aromatic rings. The number of amides is 1. The second kappa shape index (κ2) is 6.49. The van der Waals surface area contributed by atoms with Gasteiger partial charge < -0.3 is 9.88 Å². The highest BCUT2D eigenvalue weighted by molar-refractivity contribution is 9.10. The summed E-state index contributed by atoms with van der Waals surface area (Å²) < 4.78 is 4.43. The first-order valence-corrected chi connectivity index (χ1v) is 8.32. The maximum Gasteiger partial charge on any atom is 0.332 e. The Morgan fingerprint density at radius 1 is 1.28 bits per heavy atom. The Morgan fingerprint density at radius 2 is 2.00 bits per heavy atom. The molecule has 0 bridgehead atoms. The number of anilines is 1. The molecular formula is C15H13BrClN5O3. The number of aryl methyl sites for hydroxylation is 1. The Kier molecular flexibility index (Phi) is 4.53. The van der Waals surface area contributed by atoms with E-state index in [0.717, 1.165) is 9.04 Å². The number of halogens is 2. The number of fused-ring (bicyclic) bond motifs is 1. The minimum absolute atomic E-state index is 0.143. The molecule has 0 saturated carbocycles. The van der Waals surface area contributed by atoms with Crippen molar-refractivity contribution < 1.29 is 4.79 Å². The van der Waals surface area contributed by atoms with Crippen molar-refractivity contribution in [2.24, 2.45) is 14.1 Å². The largest absolute Gasteiger partial charge is 0.332 e. The van der Waals surface area contributed by atoms with E-state index >= 15 is 0 Å². The predicted octanol–water partition coefficient (Wildman–Crippen LogP) is 1.49. The van der Waals surface area contributed by atoms with Crippen molar-refractivity contribution in [1.29, 1.82) is 0 Å². The molecule has 0 aliphatic heterocycles. The van der Waals surface area contributed by atoms with E-state index in [4.69, 9.17) is 11.6 Å². The van der Waals surface area contributed by atoms with Gasteiger partial charge in [0.1, 0.15) is 6.54 Å². The molecule has 0 radical (unpaired) electrons. The molecule has 2 aromatic heterocycles. The van der Waals surface area contributed by atoms with Gasteiger partial charge in [-0.15, -0.1) is 0 Å². The first kappa shape index (κ1) is 17.4. The SMILES string of the molecule is Cn1c(=O)c2c(ncn2CC(=O)Nc2ccc(Br)cc2Cl)n(C)c1=O. The van der Waals surface area contributed by atoms with Crippen molar-refractivity contribution in [1.82, 2.24) is 18.7 Å². The lowest BCUT2D eigenvalue weighted by Gasteiger charge is -2.09. The molecule has 130 valence electrons. The van der Waals surface area contributed by atoms with E-state index in [-0.39, 0.29) is 23.6 Å². The average Bonchev–Trinajstić information content (AvgIpc) is 2.97. The second-order valence-electron chi connectivity index (χ2n) is 5.42. The van der Waals surface area contributed by atoms with Crippen LogP contribution in [0.5, 0.6) is 0 Å². The van der Waals surface area contributed by atoms with Crippen LogP contribution in [0.15, 0.2) is 38.6 Å². The Hall–Kier alpha value is -2.39. The first-order chi connectivity index (χ1) is 11.8. The van der Waals surface area contributed by atoms with Gasteiger partial charge in [0.05, 0.1) is 17.0 Å². The third-order valence-corrected chi connectivity index (χ3v) is 4.54. The van der Waals surface area contributed by atoms with Crippen molar-refractivity contribution in [2.75, 3.05) is 5.32 Å². The van der Waals surface area contributed by atoms with Crippen LogP contribution >= 0.6 is 27.5 Å². The van der Waals surface area contributed by atoms with Gasteiger partial charge in [-0.1, -0.05) is 27.5 Å². The van der Waals surface area contributed by atoms with Crippen molar-refractivity contribution in [2.45, 2.75) is 6.54 Å². The van der Waals surface area contributed by atoms with Crippen LogP contribution in [0, 0.1) is 0 Å². The van der Waals surface area contributed by atoms with Gasteiger partial charge in [-0.2, -0.15) is 0 Å². The minimum Gasteiger partial charge on any atom is -0.323 e. The Bertz CT molecular complexity index is 1110. The summed E-state index contributed by atoms with van der Waals surface area (Å²) in [7, 11) is 2.90. The maximum atomic E-state index is 12.3. The Balaban J connectivity index is 1.94. The number of hydrogen-bond acceptors (Lipinski definition) is 4. The number of hydrogen-bond donors (Lipinski definition) is 1. The molecule has 1 amide bonds. The van der Waals surface area contributed by atoms with E-state index in [0.29, 0.717) is 10.7 Å². The summed E-state index contributed by atoms with van der Waals surface area (Å²) in [6.07, 6.45) is 1.36. The molecule has 0 spiro atoms. The van der Waals surface area contributed by atoms with E-state index in [2.05, 4.69) is 26.2 Å². The molecule has 1 N–H and O–H groups in total. The fourth-order valence-electron chi connectivity index (χ4n) is 2.45. The standard InChI is InChI=1S/C15H13BrClN5O3/c1-20-13-12(14(24)21(2)15(20)25)22(7-18-13)6-11(23)19-10-4-3-8(16)5-9(10)17/h3-5,7H,6H2,1-2H3,(H,19,23). The van der Waals surface area contributed by atoms with Crippen LogP contribution in [0.25, 0.3) is 11.2 Å². The van der Waals surface area contributed by atoms with Crippen molar-refractivity contribution in [3.8, 4) is 0 Å². The molecule has 25 heavy (non-hydrogen) atoms. The number of nitrogens with one attached hydrogen (secondary N) is 1. The van der Waals surface area contributed by atoms with Gasteiger partial charge in [-0.25, -0.2) is 9.78 Å². The predicted molar refractivity (Wildman–Crippen MR) is 98.0 cm³/mol. The molecule has 0 aliphatic carbocycles. The van der Waals surface area contributed by atoms with Gasteiger partial charge >= 0.3 is 5.69 Å². The summed E-state index contributed by atoms with van der Waals surface area (Å²) >= 11 is 9.37. The molecular weight excluding hydrogens is 414 g/mol. The smallest absolute Gasteiger partial charge is 0.323 e. The number of benzene rings is 1. The van der Waals surface area contributed by atoms with Crippen LogP contribution in [0.1, 0.15) is 0 Å². The van der Waals surface area contributed by atoms with Crippen LogP contribution in [0.3, 0.4) is 0 Å². The Labute approximate surface area is 154 Å². The minimum atomic E-state index is -0.509. The van der Waals surface area contributed by atoms with Crippen LogP contribution in [-0.4, -0.2) is 24.6 Å². The third kappa shape index (κ3) is 3.12. The molecule has 0 saturated heterocycles. The van der Waals surface area contributed by atoms with E-state index in [1.165, 1.54) is 29.6 Å². The lowest BCUT2D eigenvalue weighted by atomic mass is 10.3. The van der Waals surface area contributed by atoms with Gasteiger partial charge in [0.25, 0.3) is 5.56 Å². The molecule has 8 nitrogen and oxygen atoms in total. The second-order valence-corrected chi connectivity index (χ2v) is 6.75. The lowest BCUT2D eigenvalue weighted by molar-refractivity contribution is -0.116. The zero-order valence-electron chi connectivity index (χ0n) is 13.3. The number of carbonyl (C=O) groups is 1. The topological polar surface area (TPSA) is 90.9 Å². The number of imidazole rings is 1. The first-order valence-electron chi connectivity index (χ1n) is 7.15. The molecule has 1 aromatic carbocycles. The Morgan fingerprint density at radius 3 is 2.68 bits per heavy atom. The summed E-state index contributed by atoms with van der Waals surface area (Å²) in [5.74, 6) is -0.376. The highest BCUT2D eigenvalue weighted by atomic mass is 79.9. The van der Waals surface area contributed by atoms with Gasteiger partial charge in [-0.3, -0.25) is 18.7 Å². The molecule has 0 aliphatic rings. The average molecular weight is 427 g/mol. The van der Waals surface area contributed by atoms with Gasteiger partial charge in [0.15, 0.2) is 11.2 Å². The van der Waals surface area contributed by atoms with E-state index in [9.17, 15) is 14.4 Å². The maximum absolute atomic E-state index is 12.3. The highest BCUT2D eigenvalue weighted by Crippen LogP contribution is 2.25. The summed E-state index contributed by atoms with van der Waals surface area (Å²) in [6.45, 7) is -0.143. The van der Waals surface area contributed by atoms with Gasteiger partial charge in [0, 0.05) is 18.6 Å². The molecule has 2 heterocycles. The van der Waals surface area contributed by atoms with Crippen molar-refractivity contribution >= 4 is 50.3 Å². The third-order valence-electron chi connectivity index (χ3n) is 3.74. The monoisotopic (exact) mass is 425 g/mol. The van der Waals surface area contributed by atoms with E-state index in [1.807, 2.05) is 0 Å². The molecule has 3 rings (SSSR count). The van der Waals surface area contributed by atoms with Crippen LogP contribution in [0.2, 0.25) is 5.02 Å². The lowest BCUT2D eigenvalue weighted by Crippen LogP contribution is -2.37. The fourth-order valence-corrected chi connectivity index (χ4v) is 3.17. The highest BCUT2D eigenvalue weighted by Gasteiger charge is 2.16. The van der Waals surface area contributed by atoms with Crippen LogP contribution in [0.4, 0.5) is 5.69 Å². The van der Waals surface area contributed by atoms with Crippen molar-refractivity contribution in [3.05, 3.63) is 54.9 Å². The summed E-state index contributed by atoms with van der Waals surface area (Å²) in [6, 6.07) is 5.08. The zero-order chi connectivity index (χ0) is 18.3. The molecule has 0 fully saturated rings. The van der Waals surface area contributed by atoms with Gasteiger partial charge in [0.2, 0.25) is 5.91 Å². The summed E-state index contributed by atoms with van der Waals surface area (Å²) in [5.41, 5.74) is -0.122. The van der Waals surface area contributed by atoms with E-state index in [1.54, 1.807) is 18.2 Å². The number of rotatable bonds is 3. The quantitative estimate of drug-likeness (QED) is 0.687. The molecule has 0 atom stereocenters. The molecule has 0 unspecified atom stereocenters. The van der Waals surface area contributed by atoms with Crippen LogP contribution in [-0.2, 0) is 25.4 Å². The van der Waals surface area contributed by atoms with Gasteiger partial charge in [-0.05, 0) is 18.2 Å². The molecule has 10 heteroatoms. The van der Waals surface area contributed by atoms with E-state index < -0.39 is 11.2 Å².